The molecule has 0 spiro atoms. The maximum absolute atomic E-state index is 12.9. The first kappa shape index (κ1) is 20.6. The first-order chi connectivity index (χ1) is 13.9. The van der Waals surface area contributed by atoms with Gasteiger partial charge in [0, 0.05) is 55.5 Å². The molecule has 0 radical (unpaired) electrons. The Morgan fingerprint density at radius 1 is 0.862 bits per heavy atom. The minimum atomic E-state index is -3.48. The van der Waals surface area contributed by atoms with Crippen molar-refractivity contribution in [2.45, 2.75) is 31.1 Å². The molecule has 1 aromatic carbocycles. The van der Waals surface area contributed by atoms with E-state index in [1.54, 1.807) is 28.6 Å². The highest BCUT2D eigenvalue weighted by molar-refractivity contribution is 9.10. The lowest BCUT2D eigenvalue weighted by Crippen LogP contribution is -2.49. The third-order valence-corrected chi connectivity index (χ3v) is 7.92. The maximum Gasteiger partial charge on any atom is 0.243 e. The van der Waals surface area contributed by atoms with Gasteiger partial charge in [0.05, 0.1) is 4.90 Å². The second-order valence-electron chi connectivity index (χ2n) is 7.56. The van der Waals surface area contributed by atoms with E-state index in [4.69, 9.17) is 4.98 Å². The average Bonchev–Trinajstić information content (AvgIpc) is 2.74. The van der Waals surface area contributed by atoms with Crippen LogP contribution in [0.5, 0.6) is 0 Å². The molecule has 1 aromatic heterocycles. The molecule has 4 rings (SSSR count). The van der Waals surface area contributed by atoms with Crippen LogP contribution in [-0.2, 0) is 10.0 Å². The number of hydrogen-bond acceptors (Lipinski definition) is 6. The number of sulfonamides is 1. The number of hydrogen-bond donors (Lipinski definition) is 0. The number of piperazine rings is 1. The molecular weight excluding hydrogens is 454 g/mol. The van der Waals surface area contributed by atoms with Crippen molar-refractivity contribution in [1.82, 2.24) is 14.3 Å². The lowest BCUT2D eigenvalue weighted by atomic mass is 10.1. The molecule has 9 heteroatoms. The summed E-state index contributed by atoms with van der Waals surface area (Å²) in [5.74, 6) is 1.68. The third-order valence-electron chi connectivity index (χ3n) is 5.48. The molecule has 2 aliphatic heterocycles. The molecule has 0 amide bonds. The molecule has 2 saturated heterocycles. The molecule has 0 atom stereocenters. The Morgan fingerprint density at radius 2 is 1.52 bits per heavy atom. The average molecular weight is 480 g/mol. The van der Waals surface area contributed by atoms with Gasteiger partial charge in [-0.2, -0.15) is 9.29 Å². The zero-order valence-electron chi connectivity index (χ0n) is 16.6. The van der Waals surface area contributed by atoms with Crippen LogP contribution in [0.3, 0.4) is 0 Å². The fourth-order valence-electron chi connectivity index (χ4n) is 3.85. The van der Waals surface area contributed by atoms with Crippen molar-refractivity contribution in [2.75, 3.05) is 49.1 Å². The summed E-state index contributed by atoms with van der Waals surface area (Å²) in [6, 6.07) is 8.83. The lowest BCUT2D eigenvalue weighted by molar-refractivity contribution is 0.382. The maximum atomic E-state index is 12.9. The highest BCUT2D eigenvalue weighted by atomic mass is 79.9. The molecule has 29 heavy (non-hydrogen) atoms. The van der Waals surface area contributed by atoms with E-state index in [2.05, 4.69) is 30.7 Å². The van der Waals surface area contributed by atoms with E-state index in [9.17, 15) is 8.42 Å². The van der Waals surface area contributed by atoms with Crippen molar-refractivity contribution in [2.24, 2.45) is 0 Å². The van der Waals surface area contributed by atoms with Gasteiger partial charge in [0.25, 0.3) is 0 Å². The summed E-state index contributed by atoms with van der Waals surface area (Å²) in [4.78, 5) is 14.2. The van der Waals surface area contributed by atoms with E-state index in [1.165, 1.54) is 19.3 Å². The molecule has 0 unspecified atom stereocenters. The normalized spacial score (nSPS) is 18.8. The van der Waals surface area contributed by atoms with Crippen molar-refractivity contribution in [3.8, 4) is 0 Å². The zero-order chi connectivity index (χ0) is 20.4. The van der Waals surface area contributed by atoms with Gasteiger partial charge in [-0.3, -0.25) is 0 Å². The van der Waals surface area contributed by atoms with Crippen LogP contribution in [0.2, 0.25) is 0 Å². The first-order valence-electron chi connectivity index (χ1n) is 10.0. The van der Waals surface area contributed by atoms with Gasteiger partial charge in [0.2, 0.25) is 16.0 Å². The summed E-state index contributed by atoms with van der Waals surface area (Å²) in [5, 5.41) is 0. The molecule has 0 aliphatic carbocycles. The number of rotatable bonds is 4. The largest absolute Gasteiger partial charge is 0.356 e. The summed E-state index contributed by atoms with van der Waals surface area (Å²) in [6.07, 6.45) is 3.68. The van der Waals surface area contributed by atoms with E-state index in [0.29, 0.717) is 37.0 Å². The monoisotopic (exact) mass is 479 g/mol. The molecule has 3 heterocycles. The van der Waals surface area contributed by atoms with Gasteiger partial charge in [0.15, 0.2) is 0 Å². The van der Waals surface area contributed by atoms with E-state index in [0.717, 1.165) is 29.1 Å². The SMILES string of the molecule is Cc1cc(N2CCCCC2)nc(N2CCN(S(=O)(=O)c3ccc(Br)cc3)CC2)n1. The van der Waals surface area contributed by atoms with Crippen molar-refractivity contribution in [3.05, 3.63) is 40.5 Å². The highest BCUT2D eigenvalue weighted by Gasteiger charge is 2.29. The second-order valence-corrected chi connectivity index (χ2v) is 10.4. The minimum Gasteiger partial charge on any atom is -0.356 e. The summed E-state index contributed by atoms with van der Waals surface area (Å²) >= 11 is 3.35. The fourth-order valence-corrected chi connectivity index (χ4v) is 5.53. The van der Waals surface area contributed by atoms with Gasteiger partial charge < -0.3 is 9.80 Å². The van der Waals surface area contributed by atoms with Crippen molar-refractivity contribution < 1.29 is 8.42 Å². The topological polar surface area (TPSA) is 69.6 Å². The van der Waals surface area contributed by atoms with E-state index in [-0.39, 0.29) is 0 Å². The Hall–Kier alpha value is -1.71. The third kappa shape index (κ3) is 4.57. The standard InChI is InChI=1S/C20H26BrN5O2S/c1-16-15-19(24-9-3-2-4-10-24)23-20(22-16)25-11-13-26(14-12-25)29(27,28)18-7-5-17(21)6-8-18/h5-8,15H,2-4,9-14H2,1H3. The predicted octanol–water partition coefficient (Wildman–Crippen LogP) is 3.05. The smallest absolute Gasteiger partial charge is 0.243 e. The van der Waals surface area contributed by atoms with Crippen molar-refractivity contribution >= 4 is 37.7 Å². The van der Waals surface area contributed by atoms with Crippen LogP contribution in [0.25, 0.3) is 0 Å². The number of anilines is 2. The Kier molecular flexibility index (Phi) is 6.08. The summed E-state index contributed by atoms with van der Waals surface area (Å²) in [6.45, 7) is 6.08. The van der Waals surface area contributed by atoms with Gasteiger partial charge in [-0.25, -0.2) is 13.4 Å². The van der Waals surface area contributed by atoms with Crippen LogP contribution in [-0.4, -0.2) is 62.0 Å². The Bertz CT molecular complexity index is 953. The lowest BCUT2D eigenvalue weighted by Gasteiger charge is -2.35. The molecule has 2 aliphatic rings. The second kappa shape index (κ2) is 8.57. The quantitative estimate of drug-likeness (QED) is 0.670. The summed E-state index contributed by atoms with van der Waals surface area (Å²) in [7, 11) is -3.48. The number of halogens is 1. The Morgan fingerprint density at radius 3 is 2.17 bits per heavy atom. The van der Waals surface area contributed by atoms with E-state index in [1.807, 2.05) is 13.0 Å². The highest BCUT2D eigenvalue weighted by Crippen LogP contribution is 2.24. The van der Waals surface area contributed by atoms with E-state index < -0.39 is 10.0 Å². The molecule has 0 saturated carbocycles. The van der Waals surface area contributed by atoms with Crippen LogP contribution >= 0.6 is 15.9 Å². The van der Waals surface area contributed by atoms with Gasteiger partial charge in [-0.15, -0.1) is 0 Å². The van der Waals surface area contributed by atoms with Crippen LogP contribution in [0.15, 0.2) is 39.7 Å². The molecule has 2 fully saturated rings. The molecule has 0 N–H and O–H groups in total. The number of aryl methyl sites for hydroxylation is 1. The number of benzene rings is 1. The fraction of sp³-hybridized carbons (Fsp3) is 0.500. The van der Waals surface area contributed by atoms with Crippen LogP contribution < -0.4 is 9.80 Å². The molecule has 0 bridgehead atoms. The van der Waals surface area contributed by atoms with Gasteiger partial charge >= 0.3 is 0 Å². The number of piperidine rings is 1. The van der Waals surface area contributed by atoms with Crippen molar-refractivity contribution in [1.29, 1.82) is 0 Å². The molecular formula is C20H26BrN5O2S. The van der Waals surface area contributed by atoms with Crippen LogP contribution in [0.1, 0.15) is 25.0 Å². The number of nitrogens with zero attached hydrogens (tertiary/aromatic N) is 5. The molecule has 156 valence electrons. The Balaban J connectivity index is 1.47. The number of aromatic nitrogens is 2. The molecule has 7 nitrogen and oxygen atoms in total. The van der Waals surface area contributed by atoms with E-state index >= 15 is 0 Å². The first-order valence-corrected chi connectivity index (χ1v) is 12.3. The predicted molar refractivity (Wildman–Crippen MR) is 118 cm³/mol. The molecule has 2 aromatic rings. The Labute approximate surface area is 180 Å². The van der Waals surface area contributed by atoms with Gasteiger partial charge in [-0.1, -0.05) is 15.9 Å². The van der Waals surface area contributed by atoms with Crippen LogP contribution in [0, 0.1) is 6.92 Å². The van der Waals surface area contributed by atoms with Crippen molar-refractivity contribution in [3.63, 3.8) is 0 Å². The zero-order valence-corrected chi connectivity index (χ0v) is 19.0. The van der Waals surface area contributed by atoms with Gasteiger partial charge in [-0.05, 0) is 50.5 Å². The van der Waals surface area contributed by atoms with Crippen LogP contribution in [0.4, 0.5) is 11.8 Å². The summed E-state index contributed by atoms with van der Waals surface area (Å²) in [5.41, 5.74) is 0.945. The summed E-state index contributed by atoms with van der Waals surface area (Å²) < 4.78 is 28.2. The minimum absolute atomic E-state index is 0.327. The van der Waals surface area contributed by atoms with Gasteiger partial charge in [0.1, 0.15) is 5.82 Å².